The number of anilines is 1. The number of alkyl halides is 3. The second kappa shape index (κ2) is 24.5. The summed E-state index contributed by atoms with van der Waals surface area (Å²) in [5, 5.41) is 26.8. The number of thiazole rings is 1. The lowest BCUT2D eigenvalue weighted by atomic mass is 10.1. The number of carbonyl (C=O) groups excluding carboxylic acids is 7. The molecule has 354 valence electrons. The fourth-order valence-corrected chi connectivity index (χ4v) is 7.80. The molecular weight excluding hydrogens is 890 g/mol. The lowest BCUT2D eigenvalue weighted by molar-refractivity contribution is -0.173. The number of benzene rings is 1. The molecule has 7 amide bonds. The van der Waals surface area contributed by atoms with Crippen LogP contribution in [0, 0.1) is 0 Å². The largest absolute Gasteiger partial charge is 0.480 e. The van der Waals surface area contributed by atoms with Crippen LogP contribution in [0.25, 0.3) is 10.2 Å². The molecule has 1 aliphatic heterocycles. The summed E-state index contributed by atoms with van der Waals surface area (Å²) in [4.78, 5) is 110. The third-order valence-electron chi connectivity index (χ3n) is 8.89. The average molecular weight is 945 g/mol. The van der Waals surface area contributed by atoms with Crippen molar-refractivity contribution in [3.8, 4) is 0 Å². The van der Waals surface area contributed by atoms with Crippen LogP contribution < -0.4 is 37.2 Å². The second-order valence-electron chi connectivity index (χ2n) is 15.9. The molecule has 2 aromatic rings. The summed E-state index contributed by atoms with van der Waals surface area (Å²) in [7, 11) is 3.85. The number of fused-ring (bicyclic) bond motifs is 1. The van der Waals surface area contributed by atoms with Crippen molar-refractivity contribution in [2.24, 2.45) is 4.99 Å². The Labute approximate surface area is 375 Å². The molecule has 3 rings (SSSR count). The monoisotopic (exact) mass is 944 g/mol. The molecule has 8 N–H and O–H groups in total. The summed E-state index contributed by atoms with van der Waals surface area (Å²) in [6.45, 7) is 6.01. The number of ether oxygens (including phenoxy) is 1. The highest BCUT2D eigenvalue weighted by atomic mass is 32.2. The first-order valence-electron chi connectivity index (χ1n) is 20.2. The number of amides is 7. The average Bonchev–Trinajstić information content (AvgIpc) is 3.86. The molecule has 0 saturated heterocycles. The highest BCUT2D eigenvalue weighted by molar-refractivity contribution is 8.15. The number of nitrogens with zero attached hydrogens (tertiary/aromatic N) is 3. The van der Waals surface area contributed by atoms with E-state index in [0.29, 0.717) is 38.8 Å². The maximum Gasteiger partial charge on any atom is 0.471 e. The van der Waals surface area contributed by atoms with Crippen molar-refractivity contribution in [3.05, 3.63) is 23.2 Å². The number of carbonyl (C=O) groups is 8. The Kier molecular flexibility index (Phi) is 20.2. The number of alkyl carbamates (subject to hydrolysis) is 1. The van der Waals surface area contributed by atoms with E-state index in [9.17, 15) is 56.6 Å². The predicted octanol–water partition coefficient (Wildman–Crippen LogP) is 1.88. The van der Waals surface area contributed by atoms with Gasteiger partial charge in [0.1, 0.15) is 27.7 Å². The van der Waals surface area contributed by atoms with Crippen LogP contribution in [0.5, 0.6) is 0 Å². The number of thioether (sulfide) groups is 1. The minimum absolute atomic E-state index is 0.0129. The van der Waals surface area contributed by atoms with Gasteiger partial charge in [0.2, 0.25) is 17.7 Å². The molecule has 0 fully saturated rings. The van der Waals surface area contributed by atoms with Gasteiger partial charge in [-0.3, -0.25) is 33.8 Å². The third-order valence-corrected chi connectivity index (χ3v) is 11.1. The van der Waals surface area contributed by atoms with Gasteiger partial charge in [0.25, 0.3) is 0 Å². The number of nitrogens with one attached hydrogen (secondary N) is 7. The maximum atomic E-state index is 13.5. The number of halogens is 3. The van der Waals surface area contributed by atoms with Gasteiger partial charge in [0.05, 0.1) is 16.8 Å². The molecule has 20 nitrogen and oxygen atoms in total. The molecule has 2 heterocycles. The molecule has 0 bridgehead atoms. The Morgan fingerprint density at radius 2 is 1.59 bits per heavy atom. The Bertz CT molecular complexity index is 2040. The molecule has 64 heavy (non-hydrogen) atoms. The van der Waals surface area contributed by atoms with Gasteiger partial charge in [0.15, 0.2) is 6.04 Å². The zero-order valence-corrected chi connectivity index (χ0v) is 37.9. The zero-order valence-electron chi connectivity index (χ0n) is 36.2. The number of unbranched alkanes of at least 4 members (excludes halogenated alkanes) is 2. The van der Waals surface area contributed by atoms with Gasteiger partial charge in [-0.1, -0.05) is 6.42 Å². The molecule has 0 spiro atoms. The number of rotatable bonds is 22. The normalized spacial score (nSPS) is 15.3. The van der Waals surface area contributed by atoms with Crippen LogP contribution in [0.1, 0.15) is 71.2 Å². The van der Waals surface area contributed by atoms with Crippen LogP contribution in [0.2, 0.25) is 0 Å². The summed E-state index contributed by atoms with van der Waals surface area (Å²) in [6, 6.07) is 0.756. The third kappa shape index (κ3) is 18.7. The molecule has 1 aromatic heterocycles. The molecule has 25 heteroatoms. The molecule has 0 saturated carbocycles. The van der Waals surface area contributed by atoms with Gasteiger partial charge in [-0.2, -0.15) is 13.2 Å². The Morgan fingerprint density at radius 1 is 0.906 bits per heavy atom. The van der Waals surface area contributed by atoms with Gasteiger partial charge in [-0.25, -0.2) is 14.6 Å². The first-order valence-corrected chi connectivity index (χ1v) is 22.0. The van der Waals surface area contributed by atoms with Crippen LogP contribution in [-0.4, -0.2) is 150 Å². The Balaban J connectivity index is 1.58. The van der Waals surface area contributed by atoms with E-state index >= 15 is 0 Å². The zero-order chi connectivity index (χ0) is 47.8. The predicted molar refractivity (Wildman–Crippen MR) is 233 cm³/mol. The fraction of sp³-hybridized carbons (Fsp3) is 0.590. The molecule has 0 radical (unpaired) electrons. The lowest BCUT2D eigenvalue weighted by Crippen LogP contribution is -2.53. The minimum Gasteiger partial charge on any atom is -0.480 e. The maximum absolute atomic E-state index is 13.5. The van der Waals surface area contributed by atoms with Crippen LogP contribution in [0.3, 0.4) is 0 Å². The van der Waals surface area contributed by atoms with Crippen molar-refractivity contribution in [2.75, 3.05) is 51.3 Å². The van der Waals surface area contributed by atoms with E-state index in [1.165, 1.54) is 30.0 Å². The topological polar surface area (TPSA) is 279 Å². The van der Waals surface area contributed by atoms with E-state index in [1.54, 1.807) is 44.3 Å². The van der Waals surface area contributed by atoms with E-state index in [2.05, 4.69) is 41.9 Å². The molecule has 4 atom stereocenters. The van der Waals surface area contributed by atoms with Crippen molar-refractivity contribution in [1.82, 2.24) is 41.8 Å². The van der Waals surface area contributed by atoms with Gasteiger partial charge in [-0.05, 0) is 98.6 Å². The van der Waals surface area contributed by atoms with Crippen molar-refractivity contribution in [3.63, 3.8) is 0 Å². The quantitative estimate of drug-likeness (QED) is 0.0620. The van der Waals surface area contributed by atoms with Crippen LogP contribution in [0.4, 0.5) is 23.7 Å². The van der Waals surface area contributed by atoms with Gasteiger partial charge >= 0.3 is 36.0 Å². The van der Waals surface area contributed by atoms with Crippen molar-refractivity contribution < 1.29 is 61.4 Å². The number of aliphatic carboxylic acids is 1. The summed E-state index contributed by atoms with van der Waals surface area (Å²) in [5.41, 5.74) is 0.0821. The van der Waals surface area contributed by atoms with E-state index in [-0.39, 0.29) is 38.1 Å². The summed E-state index contributed by atoms with van der Waals surface area (Å²) < 4.78 is 43.8. The fourth-order valence-electron chi connectivity index (χ4n) is 5.70. The van der Waals surface area contributed by atoms with Gasteiger partial charge < -0.3 is 52.0 Å². The van der Waals surface area contributed by atoms with Crippen LogP contribution >= 0.6 is 23.1 Å². The minimum atomic E-state index is -5.08. The summed E-state index contributed by atoms with van der Waals surface area (Å²) >= 11 is 2.48. The van der Waals surface area contributed by atoms with E-state index in [0.717, 1.165) is 13.0 Å². The van der Waals surface area contributed by atoms with E-state index in [4.69, 9.17) is 4.74 Å². The number of carboxylic acid groups (broad SMARTS) is 1. The van der Waals surface area contributed by atoms with Gasteiger partial charge in [-0.15, -0.1) is 23.1 Å². The molecule has 0 aliphatic carbocycles. The second-order valence-corrected chi connectivity index (χ2v) is 18.0. The van der Waals surface area contributed by atoms with Crippen LogP contribution in [0.15, 0.2) is 23.2 Å². The number of hydrogen-bond acceptors (Lipinski definition) is 14. The molecule has 2 unspecified atom stereocenters. The van der Waals surface area contributed by atoms with Crippen molar-refractivity contribution >= 4 is 91.6 Å². The first kappa shape index (κ1) is 52.8. The summed E-state index contributed by atoms with van der Waals surface area (Å²) in [5.74, 6) is -7.58. The smallest absolute Gasteiger partial charge is 0.471 e. The van der Waals surface area contributed by atoms with E-state index < -0.39 is 90.0 Å². The summed E-state index contributed by atoms with van der Waals surface area (Å²) in [6.07, 6.45) is -3.79. The molecule has 1 aromatic carbocycles. The standard InChI is InChI=1S/C39H55F3N10O10S2/c1-21(46-28(53)19-45-32(57)31(56)44-18-23(11-8-10-16-52(5)6)48-37(61)62-38(2,3)4)29(54)49-25(12-7-9-15-43-36(60)39(40,41)42)30(55)47-22-13-14-24-27(17-22)64-34(50-24)33-51-26(20-63-33)35(58)59/h13-14,17,21,23,25-26H,7-12,15-16,18-20H2,1-6H3,(H,43,60)(H,44,56)(H,45,57)(H,46,53)(H,47,55)(H,48,61)(H,49,54)(H,58,59)/t21?,23-,25-,26?/m0/s1. The SMILES string of the molecule is CC(NC(=O)CNC(=O)C(=O)NC[C@H](CCCCN(C)C)NC(=O)OC(C)(C)C)C(=O)N[C@@H](CCCCNC(=O)C(F)(F)F)C(=O)Nc1ccc2nc(C3=NC(C(=O)O)CS3)sc2c1. The van der Waals surface area contributed by atoms with Crippen molar-refractivity contribution in [1.29, 1.82) is 0 Å². The number of carboxylic acids is 1. The Hall–Kier alpha value is -5.56. The highest BCUT2D eigenvalue weighted by Crippen LogP contribution is 2.31. The van der Waals surface area contributed by atoms with Gasteiger partial charge in [0, 0.05) is 30.6 Å². The highest BCUT2D eigenvalue weighted by Gasteiger charge is 2.38. The number of aromatic nitrogens is 1. The number of aliphatic imine (C=N–C) groups is 1. The Morgan fingerprint density at radius 3 is 2.23 bits per heavy atom. The lowest BCUT2D eigenvalue weighted by Gasteiger charge is -2.24. The first-order chi connectivity index (χ1) is 29.9. The number of hydrogen-bond donors (Lipinski definition) is 8. The van der Waals surface area contributed by atoms with Crippen LogP contribution in [-0.2, 0) is 38.3 Å². The van der Waals surface area contributed by atoms with Crippen molar-refractivity contribution in [2.45, 2.75) is 102 Å². The van der Waals surface area contributed by atoms with E-state index in [1.807, 2.05) is 19.0 Å². The molecule has 1 aliphatic rings. The molecular formula is C39H55F3N10O10S2.